The number of hydrogen-bond acceptors (Lipinski definition) is 1. The molecule has 0 saturated heterocycles. The summed E-state index contributed by atoms with van der Waals surface area (Å²) in [5, 5.41) is 0.650. The second-order valence-corrected chi connectivity index (χ2v) is 3.48. The van der Waals surface area contributed by atoms with Gasteiger partial charge in [-0.1, -0.05) is 43.9 Å². The molecule has 0 aromatic carbocycles. The van der Waals surface area contributed by atoms with E-state index in [9.17, 15) is 0 Å². The molecule has 1 heterocycles. The average Bonchev–Trinajstić information content (AvgIpc) is 2.15. The van der Waals surface area contributed by atoms with Crippen LogP contribution in [0.5, 0.6) is 0 Å². The molecular formula is C11H15ClN. The van der Waals surface area contributed by atoms with Gasteiger partial charge < -0.3 is 0 Å². The van der Waals surface area contributed by atoms with Crippen LogP contribution in [0.15, 0.2) is 18.3 Å². The number of halogens is 1. The van der Waals surface area contributed by atoms with Crippen LogP contribution in [0.25, 0.3) is 0 Å². The SMILES string of the molecule is [CH2]CCCCCc1cccnc1Cl. The highest BCUT2D eigenvalue weighted by Crippen LogP contribution is 2.14. The Balaban J connectivity index is 2.32. The van der Waals surface area contributed by atoms with Crippen LogP contribution >= 0.6 is 11.6 Å². The lowest BCUT2D eigenvalue weighted by atomic mass is 10.1. The molecule has 0 bridgehead atoms. The standard InChI is InChI=1S/C11H15ClN/c1-2-3-4-5-7-10-8-6-9-13-11(10)12/h6,8-9H,1-5,7H2. The Bertz CT molecular complexity index is 248. The monoisotopic (exact) mass is 196 g/mol. The van der Waals surface area contributed by atoms with Crippen molar-refractivity contribution >= 4 is 11.6 Å². The van der Waals surface area contributed by atoms with Gasteiger partial charge in [0.15, 0.2) is 0 Å². The largest absolute Gasteiger partial charge is 0.244 e. The molecule has 1 aromatic rings. The molecule has 1 rings (SSSR count). The highest BCUT2D eigenvalue weighted by molar-refractivity contribution is 6.30. The van der Waals surface area contributed by atoms with Gasteiger partial charge in [0.25, 0.3) is 0 Å². The van der Waals surface area contributed by atoms with E-state index in [1.54, 1.807) is 6.20 Å². The quantitative estimate of drug-likeness (QED) is 0.517. The maximum atomic E-state index is 5.91. The van der Waals surface area contributed by atoms with Crippen LogP contribution in [-0.2, 0) is 6.42 Å². The van der Waals surface area contributed by atoms with Crippen LogP contribution in [-0.4, -0.2) is 4.98 Å². The lowest BCUT2D eigenvalue weighted by Crippen LogP contribution is -1.88. The van der Waals surface area contributed by atoms with Crippen molar-refractivity contribution in [3.63, 3.8) is 0 Å². The van der Waals surface area contributed by atoms with E-state index in [1.807, 2.05) is 12.1 Å². The number of pyridine rings is 1. The van der Waals surface area contributed by atoms with Gasteiger partial charge in [-0.3, -0.25) is 0 Å². The number of aryl methyl sites for hydroxylation is 1. The maximum Gasteiger partial charge on any atom is 0.132 e. The molecule has 0 amide bonds. The lowest BCUT2D eigenvalue weighted by molar-refractivity contribution is 0.685. The molecule has 0 N–H and O–H groups in total. The molecule has 1 radical (unpaired) electrons. The van der Waals surface area contributed by atoms with Gasteiger partial charge in [0, 0.05) is 6.20 Å². The fourth-order valence-corrected chi connectivity index (χ4v) is 1.49. The fourth-order valence-electron chi connectivity index (χ4n) is 1.27. The normalized spacial score (nSPS) is 10.3. The van der Waals surface area contributed by atoms with Crippen molar-refractivity contribution < 1.29 is 0 Å². The van der Waals surface area contributed by atoms with Gasteiger partial charge in [-0.25, -0.2) is 4.98 Å². The minimum atomic E-state index is 0.650. The Kier molecular flexibility index (Phi) is 4.84. The zero-order valence-corrected chi connectivity index (χ0v) is 8.56. The van der Waals surface area contributed by atoms with E-state index in [0.717, 1.165) is 18.4 Å². The van der Waals surface area contributed by atoms with Crippen LogP contribution in [0.2, 0.25) is 5.15 Å². The molecule has 0 saturated carbocycles. The van der Waals surface area contributed by atoms with E-state index in [0.29, 0.717) is 5.15 Å². The molecule has 0 fully saturated rings. The number of rotatable bonds is 5. The van der Waals surface area contributed by atoms with E-state index >= 15 is 0 Å². The van der Waals surface area contributed by atoms with Crippen molar-refractivity contribution in [2.45, 2.75) is 32.1 Å². The predicted octanol–water partition coefficient (Wildman–Crippen LogP) is 3.67. The smallest absolute Gasteiger partial charge is 0.132 e. The predicted molar refractivity (Wildman–Crippen MR) is 56.8 cm³/mol. The Morgan fingerprint density at radius 3 is 2.85 bits per heavy atom. The van der Waals surface area contributed by atoms with Crippen molar-refractivity contribution in [1.29, 1.82) is 0 Å². The number of aromatic nitrogens is 1. The highest BCUT2D eigenvalue weighted by atomic mass is 35.5. The summed E-state index contributed by atoms with van der Waals surface area (Å²) in [6, 6.07) is 3.97. The average molecular weight is 197 g/mol. The van der Waals surface area contributed by atoms with Crippen LogP contribution in [0.3, 0.4) is 0 Å². The van der Waals surface area contributed by atoms with Crippen molar-refractivity contribution in [3.8, 4) is 0 Å². The first-order valence-corrected chi connectivity index (χ1v) is 5.11. The number of hydrogen-bond donors (Lipinski definition) is 0. The summed E-state index contributed by atoms with van der Waals surface area (Å²) < 4.78 is 0. The first-order chi connectivity index (χ1) is 6.34. The van der Waals surface area contributed by atoms with Gasteiger partial charge in [-0.2, -0.15) is 0 Å². The second kappa shape index (κ2) is 5.98. The number of unbranched alkanes of at least 4 members (excludes halogenated alkanes) is 3. The molecule has 0 aliphatic rings. The lowest BCUT2D eigenvalue weighted by Gasteiger charge is -2.01. The Morgan fingerprint density at radius 2 is 2.15 bits per heavy atom. The molecule has 1 nitrogen and oxygen atoms in total. The number of nitrogens with zero attached hydrogens (tertiary/aromatic N) is 1. The molecule has 0 spiro atoms. The Labute approximate surface area is 85.1 Å². The van der Waals surface area contributed by atoms with Gasteiger partial charge in [0.05, 0.1) is 0 Å². The summed E-state index contributed by atoms with van der Waals surface area (Å²) in [5.41, 5.74) is 1.16. The molecule has 0 aliphatic heterocycles. The van der Waals surface area contributed by atoms with Crippen LogP contribution in [0.4, 0.5) is 0 Å². The summed E-state index contributed by atoms with van der Waals surface area (Å²) in [4.78, 5) is 4.03. The van der Waals surface area contributed by atoms with E-state index in [4.69, 9.17) is 11.6 Å². The van der Waals surface area contributed by atoms with Gasteiger partial charge >= 0.3 is 0 Å². The van der Waals surface area contributed by atoms with Crippen molar-refractivity contribution in [1.82, 2.24) is 4.98 Å². The zero-order valence-electron chi connectivity index (χ0n) is 7.80. The first kappa shape index (κ1) is 10.5. The van der Waals surface area contributed by atoms with E-state index in [1.165, 1.54) is 19.3 Å². The molecule has 0 aliphatic carbocycles. The Morgan fingerprint density at radius 1 is 1.31 bits per heavy atom. The minimum absolute atomic E-state index is 0.650. The van der Waals surface area contributed by atoms with E-state index in [-0.39, 0.29) is 0 Å². The molecule has 0 atom stereocenters. The van der Waals surface area contributed by atoms with Crippen LogP contribution in [0, 0.1) is 6.92 Å². The minimum Gasteiger partial charge on any atom is -0.244 e. The molecule has 1 aromatic heterocycles. The zero-order chi connectivity index (χ0) is 9.52. The summed E-state index contributed by atoms with van der Waals surface area (Å²) in [5.74, 6) is 0. The summed E-state index contributed by atoms with van der Waals surface area (Å²) in [7, 11) is 0. The van der Waals surface area contributed by atoms with E-state index < -0.39 is 0 Å². The van der Waals surface area contributed by atoms with Crippen molar-refractivity contribution in [2.24, 2.45) is 0 Å². The first-order valence-electron chi connectivity index (χ1n) is 4.73. The van der Waals surface area contributed by atoms with Crippen LogP contribution < -0.4 is 0 Å². The third-order valence-corrected chi connectivity index (χ3v) is 2.37. The molecule has 2 heteroatoms. The van der Waals surface area contributed by atoms with Gasteiger partial charge in [-0.05, 0) is 24.5 Å². The van der Waals surface area contributed by atoms with Gasteiger partial charge in [0.1, 0.15) is 5.15 Å². The summed E-state index contributed by atoms with van der Waals surface area (Å²) in [6.07, 6.45) is 7.41. The maximum absolute atomic E-state index is 5.91. The molecular weight excluding hydrogens is 182 g/mol. The van der Waals surface area contributed by atoms with Gasteiger partial charge in [0.2, 0.25) is 0 Å². The molecule has 0 unspecified atom stereocenters. The van der Waals surface area contributed by atoms with Gasteiger partial charge in [-0.15, -0.1) is 0 Å². The second-order valence-electron chi connectivity index (χ2n) is 3.12. The third-order valence-electron chi connectivity index (χ3n) is 2.03. The van der Waals surface area contributed by atoms with Crippen molar-refractivity contribution in [3.05, 3.63) is 36.0 Å². The third kappa shape index (κ3) is 3.77. The topological polar surface area (TPSA) is 12.9 Å². The molecule has 71 valence electrons. The van der Waals surface area contributed by atoms with E-state index in [2.05, 4.69) is 11.9 Å². The highest BCUT2D eigenvalue weighted by Gasteiger charge is 1.98. The summed E-state index contributed by atoms with van der Waals surface area (Å²) >= 11 is 5.91. The van der Waals surface area contributed by atoms with Crippen LogP contribution in [0.1, 0.15) is 31.2 Å². The molecule has 13 heavy (non-hydrogen) atoms. The Hall–Kier alpha value is -0.560. The summed E-state index contributed by atoms with van der Waals surface area (Å²) in [6.45, 7) is 3.81. The fraction of sp³-hybridized carbons (Fsp3) is 0.455. The van der Waals surface area contributed by atoms with Crippen molar-refractivity contribution in [2.75, 3.05) is 0 Å².